The van der Waals surface area contributed by atoms with Crippen molar-refractivity contribution >= 4 is 29.9 Å². The fourth-order valence-corrected chi connectivity index (χ4v) is 2.95. The molecule has 0 radical (unpaired) electrons. The Balaban J connectivity index is 0.00000364. The van der Waals surface area contributed by atoms with E-state index in [4.69, 9.17) is 5.73 Å². The van der Waals surface area contributed by atoms with Gasteiger partial charge in [-0.05, 0) is 57.5 Å². The third-order valence-electron chi connectivity index (χ3n) is 4.50. The summed E-state index contributed by atoms with van der Waals surface area (Å²) in [5.74, 6) is 0.0744. The first-order valence-electron chi connectivity index (χ1n) is 8.79. The van der Waals surface area contributed by atoms with Crippen LogP contribution in [0.4, 0.5) is 13.2 Å². The molecule has 1 heterocycles. The van der Waals surface area contributed by atoms with Crippen LogP contribution in [0.1, 0.15) is 38.7 Å². The molecule has 1 aliphatic heterocycles. The molecule has 0 spiro atoms. The second-order valence-corrected chi connectivity index (χ2v) is 7.11. The predicted molar refractivity (Wildman–Crippen MR) is 111 cm³/mol. The molecule has 0 saturated carbocycles. The fraction of sp³-hybridized carbons (Fsp3) is 0.611. The van der Waals surface area contributed by atoms with Gasteiger partial charge in [0.05, 0.1) is 6.54 Å². The maximum atomic E-state index is 12.1. The quantitative estimate of drug-likeness (QED) is 0.354. The van der Waals surface area contributed by atoms with Crippen LogP contribution in [-0.2, 0) is 6.54 Å². The number of nitrogens with two attached hydrogens (primary N) is 1. The lowest BCUT2D eigenvalue weighted by molar-refractivity contribution is -0.274. The van der Waals surface area contributed by atoms with E-state index < -0.39 is 6.36 Å². The van der Waals surface area contributed by atoms with Crippen LogP contribution in [0, 0.1) is 0 Å². The van der Waals surface area contributed by atoms with Gasteiger partial charge in [0.1, 0.15) is 5.75 Å². The monoisotopic (exact) mass is 500 g/mol. The van der Waals surface area contributed by atoms with E-state index in [-0.39, 0.29) is 41.8 Å². The van der Waals surface area contributed by atoms with Crippen molar-refractivity contribution in [2.24, 2.45) is 10.7 Å². The number of piperidine rings is 1. The molecule has 3 N–H and O–H groups in total. The number of aliphatic imine (C=N–C) groups is 1. The molecule has 2 rings (SSSR count). The summed E-state index contributed by atoms with van der Waals surface area (Å²) in [5, 5.41) is 3.15. The zero-order valence-electron chi connectivity index (χ0n) is 15.7. The van der Waals surface area contributed by atoms with E-state index in [1.807, 2.05) is 0 Å². The summed E-state index contributed by atoms with van der Waals surface area (Å²) in [6.07, 6.45) is -0.951. The minimum absolute atomic E-state index is 0. The molecule has 9 heteroatoms. The van der Waals surface area contributed by atoms with Crippen LogP contribution in [0.3, 0.4) is 0 Å². The third-order valence-corrected chi connectivity index (χ3v) is 4.50. The van der Waals surface area contributed by atoms with E-state index in [1.54, 1.807) is 0 Å². The number of ether oxygens (including phenoxy) is 1. The Morgan fingerprint density at radius 3 is 2.30 bits per heavy atom. The predicted octanol–water partition coefficient (Wildman–Crippen LogP) is 3.87. The number of nitrogens with zero attached hydrogens (tertiary/aromatic N) is 2. The van der Waals surface area contributed by atoms with Crippen LogP contribution < -0.4 is 15.8 Å². The van der Waals surface area contributed by atoms with Crippen LogP contribution in [0.15, 0.2) is 29.3 Å². The minimum Gasteiger partial charge on any atom is -0.406 e. The van der Waals surface area contributed by atoms with Gasteiger partial charge in [-0.3, -0.25) is 4.90 Å². The van der Waals surface area contributed by atoms with Gasteiger partial charge < -0.3 is 15.8 Å². The molecule has 0 bridgehead atoms. The van der Waals surface area contributed by atoms with E-state index in [0.29, 0.717) is 12.5 Å². The Bertz CT molecular complexity index is 600. The smallest absolute Gasteiger partial charge is 0.406 e. The molecule has 1 aromatic carbocycles. The number of halogens is 4. The fourth-order valence-electron chi connectivity index (χ4n) is 2.95. The van der Waals surface area contributed by atoms with E-state index in [2.05, 4.69) is 33.8 Å². The largest absolute Gasteiger partial charge is 0.573 e. The number of likely N-dealkylation sites (tertiary alicyclic amines) is 1. The molecular weight excluding hydrogens is 472 g/mol. The van der Waals surface area contributed by atoms with Gasteiger partial charge in [0.15, 0.2) is 5.96 Å². The molecule has 1 aromatic rings. The maximum absolute atomic E-state index is 12.1. The average Bonchev–Trinajstić information content (AvgIpc) is 2.59. The molecule has 0 aromatic heterocycles. The van der Waals surface area contributed by atoms with E-state index in [1.165, 1.54) is 43.5 Å². The normalized spacial score (nSPS) is 16.6. The minimum atomic E-state index is -4.69. The Morgan fingerprint density at radius 1 is 1.15 bits per heavy atom. The molecular formula is C18H28F3IN4O. The number of guanidine groups is 1. The molecule has 0 unspecified atom stereocenters. The highest BCUT2D eigenvalue weighted by atomic mass is 127. The van der Waals surface area contributed by atoms with E-state index in [9.17, 15) is 13.2 Å². The summed E-state index contributed by atoms with van der Waals surface area (Å²) in [7, 11) is 0. The Hall–Kier alpha value is -1.23. The van der Waals surface area contributed by atoms with Crippen LogP contribution in [-0.4, -0.2) is 42.4 Å². The average molecular weight is 500 g/mol. The lowest BCUT2D eigenvalue weighted by atomic mass is 9.98. The molecule has 0 amide bonds. The van der Waals surface area contributed by atoms with Gasteiger partial charge in [-0.1, -0.05) is 18.6 Å². The van der Waals surface area contributed by atoms with Crippen molar-refractivity contribution in [1.82, 2.24) is 10.2 Å². The molecule has 154 valence electrons. The molecule has 1 saturated heterocycles. The zero-order valence-corrected chi connectivity index (χ0v) is 18.0. The first-order chi connectivity index (χ1) is 12.2. The van der Waals surface area contributed by atoms with Crippen molar-refractivity contribution in [3.8, 4) is 5.75 Å². The number of hydrogen-bond donors (Lipinski definition) is 2. The highest BCUT2D eigenvalue weighted by Gasteiger charge is 2.31. The van der Waals surface area contributed by atoms with Gasteiger partial charge in [0.25, 0.3) is 0 Å². The highest BCUT2D eigenvalue weighted by Crippen LogP contribution is 2.23. The summed E-state index contributed by atoms with van der Waals surface area (Å²) in [4.78, 5) is 6.70. The van der Waals surface area contributed by atoms with Gasteiger partial charge in [-0.25, -0.2) is 4.99 Å². The zero-order chi connectivity index (χ0) is 19.2. The first kappa shape index (κ1) is 23.8. The summed E-state index contributed by atoms with van der Waals surface area (Å²) in [6, 6.07) is 5.61. The van der Waals surface area contributed by atoms with Crippen LogP contribution in [0.5, 0.6) is 5.75 Å². The number of rotatable bonds is 6. The van der Waals surface area contributed by atoms with Crippen molar-refractivity contribution in [2.45, 2.75) is 51.6 Å². The van der Waals surface area contributed by atoms with Crippen molar-refractivity contribution < 1.29 is 17.9 Å². The van der Waals surface area contributed by atoms with Crippen molar-refractivity contribution in [3.05, 3.63) is 29.8 Å². The highest BCUT2D eigenvalue weighted by molar-refractivity contribution is 14.0. The second kappa shape index (κ2) is 10.4. The Kier molecular flexibility index (Phi) is 9.13. The number of hydrogen-bond acceptors (Lipinski definition) is 3. The standard InChI is InChI=1S/C18H27F3N4O.HI/c1-17(2,25-10-4-3-5-11-25)13-24-16(22)23-12-14-6-8-15(9-7-14)26-18(19,20)21;/h6-9H,3-5,10-13H2,1-2H3,(H3,22,23,24);1H. The van der Waals surface area contributed by atoms with Crippen molar-refractivity contribution in [3.63, 3.8) is 0 Å². The van der Waals surface area contributed by atoms with Gasteiger partial charge >= 0.3 is 6.36 Å². The van der Waals surface area contributed by atoms with Gasteiger partial charge in [-0.15, -0.1) is 37.1 Å². The van der Waals surface area contributed by atoms with Crippen molar-refractivity contribution in [1.29, 1.82) is 0 Å². The van der Waals surface area contributed by atoms with Crippen LogP contribution in [0.25, 0.3) is 0 Å². The van der Waals surface area contributed by atoms with Gasteiger partial charge in [-0.2, -0.15) is 0 Å². The summed E-state index contributed by atoms with van der Waals surface area (Å²) >= 11 is 0. The lowest BCUT2D eigenvalue weighted by Crippen LogP contribution is -2.54. The maximum Gasteiger partial charge on any atom is 0.573 e. The summed E-state index contributed by atoms with van der Waals surface area (Å²) in [6.45, 7) is 7.52. The first-order valence-corrected chi connectivity index (χ1v) is 8.79. The van der Waals surface area contributed by atoms with Gasteiger partial charge in [0, 0.05) is 12.1 Å². The van der Waals surface area contributed by atoms with Crippen molar-refractivity contribution in [2.75, 3.05) is 19.6 Å². The molecule has 27 heavy (non-hydrogen) atoms. The van der Waals surface area contributed by atoms with Gasteiger partial charge in [0.2, 0.25) is 0 Å². The topological polar surface area (TPSA) is 62.9 Å². The molecule has 0 aliphatic carbocycles. The summed E-state index contributed by atoms with van der Waals surface area (Å²) < 4.78 is 40.3. The second-order valence-electron chi connectivity index (χ2n) is 7.11. The SMILES string of the molecule is CC(C)(CNC(N)=NCc1ccc(OC(F)(F)F)cc1)N1CCCCC1.I. The molecule has 1 fully saturated rings. The number of nitrogens with one attached hydrogen (secondary N) is 1. The van der Waals surface area contributed by atoms with Crippen LogP contribution in [0.2, 0.25) is 0 Å². The van der Waals surface area contributed by atoms with Crippen LogP contribution >= 0.6 is 24.0 Å². The molecule has 5 nitrogen and oxygen atoms in total. The molecule has 1 aliphatic rings. The lowest BCUT2D eigenvalue weighted by Gasteiger charge is -2.41. The Morgan fingerprint density at radius 2 is 1.74 bits per heavy atom. The number of benzene rings is 1. The van der Waals surface area contributed by atoms with E-state index >= 15 is 0 Å². The Labute approximate surface area is 175 Å². The summed E-state index contributed by atoms with van der Waals surface area (Å²) in [5.41, 5.74) is 6.65. The third kappa shape index (κ3) is 8.54. The number of alkyl halides is 3. The molecule has 0 atom stereocenters. The van der Waals surface area contributed by atoms with E-state index in [0.717, 1.165) is 18.7 Å².